The minimum atomic E-state index is -0.615. The summed E-state index contributed by atoms with van der Waals surface area (Å²) in [6.07, 6.45) is 10.7. The van der Waals surface area contributed by atoms with Gasteiger partial charge in [-0.25, -0.2) is 0 Å². The maximum absolute atomic E-state index is 12.8. The number of carbonyl (C=O) groups excluding carboxylic acids is 2. The van der Waals surface area contributed by atoms with E-state index in [1.54, 1.807) is 24.5 Å². The molecule has 0 atom stereocenters. The fraction of sp³-hybridized carbons (Fsp3) is 0.500. The van der Waals surface area contributed by atoms with Crippen molar-refractivity contribution >= 4 is 11.8 Å². The number of nitrogens with zero attached hydrogens (tertiary/aromatic N) is 3. The standard InChI is InChI=1S/C24H28N4O3/c1-2-20-15-21(27-31-20)22(29)26-24(9-4-3-5-10-24)11-8-18-14-19(17-25-16-18)23(30)28-12-6-7-13-28/h14-17H,2-7,9-10,12-13H2,1H3,(H,26,29). The summed E-state index contributed by atoms with van der Waals surface area (Å²) in [5.74, 6) is 6.89. The maximum Gasteiger partial charge on any atom is 0.274 e. The normalized spacial score (nSPS) is 17.6. The highest BCUT2D eigenvalue weighted by Crippen LogP contribution is 2.28. The molecule has 2 amide bonds. The molecule has 2 aromatic heterocycles. The Hall–Kier alpha value is -3.14. The second kappa shape index (κ2) is 9.34. The van der Waals surface area contributed by atoms with Gasteiger partial charge in [0.1, 0.15) is 11.3 Å². The van der Waals surface area contributed by atoms with Crippen LogP contribution in [0.15, 0.2) is 29.0 Å². The van der Waals surface area contributed by atoms with E-state index in [1.165, 1.54) is 0 Å². The molecule has 1 N–H and O–H groups in total. The summed E-state index contributed by atoms with van der Waals surface area (Å²) in [5, 5.41) is 6.99. The van der Waals surface area contributed by atoms with Crippen LogP contribution in [0, 0.1) is 11.8 Å². The summed E-state index contributed by atoms with van der Waals surface area (Å²) < 4.78 is 5.17. The van der Waals surface area contributed by atoms with Gasteiger partial charge in [-0.2, -0.15) is 0 Å². The molecule has 4 rings (SSSR count). The highest BCUT2D eigenvalue weighted by Gasteiger charge is 2.33. The lowest BCUT2D eigenvalue weighted by Gasteiger charge is -2.33. The topological polar surface area (TPSA) is 88.3 Å². The van der Waals surface area contributed by atoms with E-state index >= 15 is 0 Å². The molecule has 0 unspecified atom stereocenters. The second-order valence-electron chi connectivity index (χ2n) is 8.34. The Morgan fingerprint density at radius 2 is 1.90 bits per heavy atom. The lowest BCUT2D eigenvalue weighted by atomic mass is 9.82. The van der Waals surface area contributed by atoms with Crippen LogP contribution in [0.2, 0.25) is 0 Å². The number of carbonyl (C=O) groups is 2. The van der Waals surface area contributed by atoms with Gasteiger partial charge in [-0.3, -0.25) is 14.6 Å². The molecule has 162 valence electrons. The van der Waals surface area contributed by atoms with Crippen molar-refractivity contribution < 1.29 is 14.1 Å². The van der Waals surface area contributed by atoms with Crippen LogP contribution < -0.4 is 5.32 Å². The molecular weight excluding hydrogens is 392 g/mol. The molecule has 1 saturated carbocycles. The largest absolute Gasteiger partial charge is 0.361 e. The molecule has 1 aliphatic heterocycles. The first-order chi connectivity index (χ1) is 15.1. The minimum Gasteiger partial charge on any atom is -0.361 e. The summed E-state index contributed by atoms with van der Waals surface area (Å²) in [4.78, 5) is 31.5. The van der Waals surface area contributed by atoms with E-state index in [0.29, 0.717) is 23.3 Å². The van der Waals surface area contributed by atoms with Crippen molar-refractivity contribution in [1.82, 2.24) is 20.4 Å². The monoisotopic (exact) mass is 420 g/mol. The van der Waals surface area contributed by atoms with Crippen molar-refractivity contribution in [3.05, 3.63) is 47.1 Å². The van der Waals surface area contributed by atoms with Crippen LogP contribution in [0.5, 0.6) is 0 Å². The number of aryl methyl sites for hydroxylation is 1. The van der Waals surface area contributed by atoms with Gasteiger partial charge in [-0.1, -0.05) is 43.2 Å². The molecule has 2 aromatic rings. The Kier molecular flexibility index (Phi) is 6.36. The summed E-state index contributed by atoms with van der Waals surface area (Å²) >= 11 is 0. The third kappa shape index (κ3) is 4.96. The zero-order valence-electron chi connectivity index (χ0n) is 17.9. The van der Waals surface area contributed by atoms with E-state index in [1.807, 2.05) is 11.8 Å². The van der Waals surface area contributed by atoms with Crippen molar-refractivity contribution in [3.63, 3.8) is 0 Å². The number of likely N-dealkylation sites (tertiary alicyclic amines) is 1. The molecule has 0 spiro atoms. The molecule has 0 radical (unpaired) electrons. The zero-order chi connectivity index (χ0) is 21.7. The SMILES string of the molecule is CCc1cc(C(=O)NC2(C#Cc3cncc(C(=O)N4CCCC4)c3)CCCCC2)no1. The molecule has 1 aliphatic carbocycles. The average Bonchev–Trinajstić information content (AvgIpc) is 3.50. The van der Waals surface area contributed by atoms with Gasteiger partial charge < -0.3 is 14.7 Å². The first-order valence-corrected chi connectivity index (χ1v) is 11.1. The van der Waals surface area contributed by atoms with E-state index < -0.39 is 5.54 Å². The van der Waals surface area contributed by atoms with Gasteiger partial charge in [0.2, 0.25) is 0 Å². The molecule has 7 nitrogen and oxygen atoms in total. The highest BCUT2D eigenvalue weighted by molar-refractivity contribution is 5.94. The fourth-order valence-corrected chi connectivity index (χ4v) is 4.22. The van der Waals surface area contributed by atoms with Crippen molar-refractivity contribution in [1.29, 1.82) is 0 Å². The Labute approximate surface area is 182 Å². The minimum absolute atomic E-state index is 0.00657. The molecule has 0 bridgehead atoms. The van der Waals surface area contributed by atoms with Crippen LogP contribution in [-0.4, -0.2) is 45.5 Å². The summed E-state index contributed by atoms with van der Waals surface area (Å²) in [6, 6.07) is 3.47. The Balaban J connectivity index is 1.54. The van der Waals surface area contributed by atoms with Gasteiger partial charge in [-0.15, -0.1) is 0 Å². The van der Waals surface area contributed by atoms with Crippen LogP contribution in [0.3, 0.4) is 0 Å². The number of amides is 2. The van der Waals surface area contributed by atoms with Crippen LogP contribution in [-0.2, 0) is 6.42 Å². The average molecular weight is 421 g/mol. The molecule has 31 heavy (non-hydrogen) atoms. The lowest BCUT2D eigenvalue weighted by Crippen LogP contribution is -2.48. The molecule has 2 fully saturated rings. The first kappa shape index (κ1) is 21.1. The Bertz CT molecular complexity index is 1010. The van der Waals surface area contributed by atoms with Crippen molar-refractivity contribution in [2.75, 3.05) is 13.1 Å². The van der Waals surface area contributed by atoms with Crippen LogP contribution in [0.25, 0.3) is 0 Å². The third-order valence-corrected chi connectivity index (χ3v) is 6.02. The summed E-state index contributed by atoms with van der Waals surface area (Å²) in [5.41, 5.74) is 0.905. The molecule has 7 heteroatoms. The zero-order valence-corrected chi connectivity index (χ0v) is 17.9. The third-order valence-electron chi connectivity index (χ3n) is 6.02. The molecule has 2 aliphatic rings. The quantitative estimate of drug-likeness (QED) is 0.767. The molecule has 0 aromatic carbocycles. The summed E-state index contributed by atoms with van der Waals surface area (Å²) in [6.45, 7) is 3.55. The van der Waals surface area contributed by atoms with Crippen LogP contribution in [0.4, 0.5) is 0 Å². The molecule has 1 saturated heterocycles. The van der Waals surface area contributed by atoms with Crippen LogP contribution in [0.1, 0.15) is 84.0 Å². The summed E-state index contributed by atoms with van der Waals surface area (Å²) in [7, 11) is 0. The van der Waals surface area contributed by atoms with Crippen molar-refractivity contribution in [2.45, 2.75) is 63.8 Å². The van der Waals surface area contributed by atoms with Gasteiger partial charge in [0.05, 0.1) is 5.56 Å². The number of pyridine rings is 1. The van der Waals surface area contributed by atoms with Crippen LogP contribution >= 0.6 is 0 Å². The van der Waals surface area contributed by atoms with E-state index in [-0.39, 0.29) is 17.5 Å². The smallest absolute Gasteiger partial charge is 0.274 e. The number of aromatic nitrogens is 2. The van der Waals surface area contributed by atoms with Gasteiger partial charge in [0, 0.05) is 43.5 Å². The number of hydrogen-bond acceptors (Lipinski definition) is 5. The second-order valence-corrected chi connectivity index (χ2v) is 8.34. The van der Waals surface area contributed by atoms with Gasteiger partial charge in [0.15, 0.2) is 5.69 Å². The molecule has 3 heterocycles. The van der Waals surface area contributed by atoms with Crippen molar-refractivity contribution in [2.24, 2.45) is 0 Å². The van der Waals surface area contributed by atoms with E-state index in [2.05, 4.69) is 27.3 Å². The number of nitrogens with one attached hydrogen (secondary N) is 1. The maximum atomic E-state index is 12.8. The van der Waals surface area contributed by atoms with Crippen molar-refractivity contribution in [3.8, 4) is 11.8 Å². The fourth-order valence-electron chi connectivity index (χ4n) is 4.22. The van der Waals surface area contributed by atoms with Gasteiger partial charge in [0.25, 0.3) is 11.8 Å². The number of hydrogen-bond donors (Lipinski definition) is 1. The highest BCUT2D eigenvalue weighted by atomic mass is 16.5. The van der Waals surface area contributed by atoms with E-state index in [0.717, 1.165) is 58.0 Å². The number of rotatable bonds is 4. The van der Waals surface area contributed by atoms with E-state index in [9.17, 15) is 9.59 Å². The van der Waals surface area contributed by atoms with Gasteiger partial charge in [-0.05, 0) is 31.7 Å². The van der Waals surface area contributed by atoms with E-state index in [4.69, 9.17) is 4.52 Å². The Morgan fingerprint density at radius 3 is 2.61 bits per heavy atom. The lowest BCUT2D eigenvalue weighted by molar-refractivity contribution is 0.0791. The van der Waals surface area contributed by atoms with Gasteiger partial charge >= 0.3 is 0 Å². The predicted molar refractivity (Wildman–Crippen MR) is 115 cm³/mol. The molecular formula is C24H28N4O3. The first-order valence-electron chi connectivity index (χ1n) is 11.1. The predicted octanol–water partition coefficient (Wildman–Crippen LogP) is 3.35. The Morgan fingerprint density at radius 1 is 1.13 bits per heavy atom.